The van der Waals surface area contributed by atoms with Gasteiger partial charge in [-0.1, -0.05) is 20.8 Å². The molecule has 4 heterocycles. The van der Waals surface area contributed by atoms with Crippen molar-refractivity contribution in [3.63, 3.8) is 0 Å². The Balaban J connectivity index is 1.43. The first-order valence-corrected chi connectivity index (χ1v) is 10.2. The Morgan fingerprint density at radius 1 is 1.11 bits per heavy atom. The molecule has 2 aromatic heterocycles. The number of hydrogen-bond acceptors (Lipinski definition) is 7. The summed E-state index contributed by atoms with van der Waals surface area (Å²) in [6, 6.07) is 4.04. The maximum Gasteiger partial charge on any atom is 0.177 e. The summed E-state index contributed by atoms with van der Waals surface area (Å²) >= 11 is 0. The molecule has 2 aromatic rings. The van der Waals surface area contributed by atoms with Crippen molar-refractivity contribution in [3.8, 4) is 0 Å². The summed E-state index contributed by atoms with van der Waals surface area (Å²) in [6.45, 7) is 10.6. The van der Waals surface area contributed by atoms with Gasteiger partial charge in [-0.25, -0.2) is 0 Å². The van der Waals surface area contributed by atoms with Gasteiger partial charge in [0.2, 0.25) is 0 Å². The second kappa shape index (κ2) is 7.67. The molecule has 0 aliphatic carbocycles. The summed E-state index contributed by atoms with van der Waals surface area (Å²) in [7, 11) is 0. The van der Waals surface area contributed by atoms with Crippen LogP contribution >= 0.6 is 0 Å². The first kappa shape index (κ1) is 19.7. The molecule has 0 radical (unpaired) electrons. The van der Waals surface area contributed by atoms with Crippen LogP contribution in [0.25, 0.3) is 5.65 Å². The molecular formula is C20H31N5O3. The molecule has 0 atom stereocenters. The molecule has 154 valence electrons. The zero-order chi connectivity index (χ0) is 19.8. The molecule has 2 saturated heterocycles. The quantitative estimate of drug-likeness (QED) is 0.849. The fourth-order valence-electron chi connectivity index (χ4n) is 4.00. The van der Waals surface area contributed by atoms with Gasteiger partial charge in [0.1, 0.15) is 5.60 Å². The molecule has 0 aromatic carbocycles. The number of hydrogen-bond donors (Lipinski definition) is 1. The maximum atomic E-state index is 10.8. The molecule has 28 heavy (non-hydrogen) atoms. The van der Waals surface area contributed by atoms with E-state index >= 15 is 0 Å². The highest BCUT2D eigenvalue weighted by Gasteiger charge is 2.34. The largest absolute Gasteiger partial charge is 0.384 e. The van der Waals surface area contributed by atoms with Crippen LogP contribution in [0.4, 0.5) is 0 Å². The van der Waals surface area contributed by atoms with Gasteiger partial charge >= 0.3 is 0 Å². The molecule has 1 N–H and O–H groups in total. The molecule has 4 rings (SSSR count). The Hall–Kier alpha value is -1.61. The van der Waals surface area contributed by atoms with E-state index in [1.807, 2.05) is 16.6 Å². The minimum atomic E-state index is -0.923. The fourth-order valence-corrected chi connectivity index (χ4v) is 4.00. The van der Waals surface area contributed by atoms with E-state index in [0.717, 1.165) is 43.1 Å². The lowest BCUT2D eigenvalue weighted by atomic mass is 9.92. The molecular weight excluding hydrogens is 358 g/mol. The number of β-amino-alcohol motifs (C(OH)–C–C–N with tert-alkyl or cyclic N) is 1. The van der Waals surface area contributed by atoms with Crippen LogP contribution in [-0.4, -0.2) is 81.5 Å². The lowest BCUT2D eigenvalue weighted by molar-refractivity contribution is -0.0768. The van der Waals surface area contributed by atoms with Crippen molar-refractivity contribution < 1.29 is 14.6 Å². The Kier molecular flexibility index (Phi) is 5.39. The number of aromatic nitrogens is 4. The molecule has 0 saturated carbocycles. The van der Waals surface area contributed by atoms with Crippen molar-refractivity contribution in [1.29, 1.82) is 0 Å². The highest BCUT2D eigenvalue weighted by atomic mass is 16.6. The van der Waals surface area contributed by atoms with Crippen LogP contribution in [0.1, 0.15) is 51.0 Å². The van der Waals surface area contributed by atoms with E-state index in [2.05, 4.69) is 35.9 Å². The van der Waals surface area contributed by atoms with E-state index in [0.29, 0.717) is 38.9 Å². The molecule has 8 nitrogen and oxygen atoms in total. The third-order valence-corrected chi connectivity index (χ3v) is 5.64. The predicted molar refractivity (Wildman–Crippen MR) is 104 cm³/mol. The van der Waals surface area contributed by atoms with Gasteiger partial charge < -0.3 is 19.5 Å². The number of rotatable bonds is 3. The average Bonchev–Trinajstić information content (AvgIpc) is 2.96. The monoisotopic (exact) mass is 389 g/mol. The van der Waals surface area contributed by atoms with Gasteiger partial charge in [-0.05, 0) is 38.1 Å². The summed E-state index contributed by atoms with van der Waals surface area (Å²) in [5.74, 6) is 1.27. The van der Waals surface area contributed by atoms with Crippen LogP contribution in [0.2, 0.25) is 0 Å². The zero-order valence-corrected chi connectivity index (χ0v) is 17.1. The lowest BCUT2D eigenvalue weighted by Crippen LogP contribution is -2.50. The predicted octanol–water partition coefficient (Wildman–Crippen LogP) is 1.38. The minimum Gasteiger partial charge on any atom is -0.384 e. The number of fused-ring (bicyclic) bond motifs is 1. The van der Waals surface area contributed by atoms with E-state index in [1.165, 1.54) is 0 Å². The molecule has 2 aliphatic rings. The third kappa shape index (κ3) is 4.20. The first-order chi connectivity index (χ1) is 13.3. The molecule has 0 amide bonds. The van der Waals surface area contributed by atoms with Crippen LogP contribution < -0.4 is 0 Å². The molecule has 2 aliphatic heterocycles. The number of ether oxygens (including phenoxy) is 2. The van der Waals surface area contributed by atoms with Crippen LogP contribution in [0, 0.1) is 0 Å². The lowest BCUT2D eigenvalue weighted by Gasteiger charge is -2.36. The van der Waals surface area contributed by atoms with Gasteiger partial charge in [-0.3, -0.25) is 0 Å². The SMILES string of the molecule is CC(C)(C)c1ccc2nnc(C3CCN(CC4(O)COCCOC4)CC3)n2n1. The Morgan fingerprint density at radius 3 is 2.43 bits per heavy atom. The summed E-state index contributed by atoms with van der Waals surface area (Å²) in [4.78, 5) is 2.30. The summed E-state index contributed by atoms with van der Waals surface area (Å²) in [6.07, 6.45) is 1.94. The fraction of sp³-hybridized carbons (Fsp3) is 0.750. The minimum absolute atomic E-state index is 0.0165. The number of aliphatic hydroxyl groups is 1. The van der Waals surface area contributed by atoms with Gasteiger partial charge in [-0.15, -0.1) is 10.2 Å². The average molecular weight is 390 g/mol. The van der Waals surface area contributed by atoms with Gasteiger partial charge in [0, 0.05) is 17.9 Å². The van der Waals surface area contributed by atoms with Gasteiger partial charge in [0.25, 0.3) is 0 Å². The second-order valence-electron chi connectivity index (χ2n) is 9.18. The van der Waals surface area contributed by atoms with Gasteiger partial charge in [0.05, 0.1) is 32.1 Å². The number of likely N-dealkylation sites (tertiary alicyclic amines) is 1. The van der Waals surface area contributed by atoms with Crippen LogP contribution in [0.15, 0.2) is 12.1 Å². The summed E-state index contributed by atoms with van der Waals surface area (Å²) in [5.41, 5.74) is 0.896. The topological polar surface area (TPSA) is 85.0 Å². The Labute approximate surface area is 165 Å². The van der Waals surface area contributed by atoms with Crippen molar-refractivity contribution in [3.05, 3.63) is 23.7 Å². The summed E-state index contributed by atoms with van der Waals surface area (Å²) in [5, 5.41) is 24.4. The third-order valence-electron chi connectivity index (χ3n) is 5.64. The van der Waals surface area contributed by atoms with Crippen LogP contribution in [0.3, 0.4) is 0 Å². The zero-order valence-electron chi connectivity index (χ0n) is 17.1. The van der Waals surface area contributed by atoms with Crippen LogP contribution in [0.5, 0.6) is 0 Å². The van der Waals surface area contributed by atoms with Crippen molar-refractivity contribution in [1.82, 2.24) is 24.7 Å². The van der Waals surface area contributed by atoms with Crippen molar-refractivity contribution in [2.24, 2.45) is 0 Å². The molecule has 2 fully saturated rings. The Bertz CT molecular complexity index is 800. The number of piperidine rings is 1. The molecule has 0 bridgehead atoms. The van der Waals surface area contributed by atoms with E-state index in [9.17, 15) is 5.11 Å². The van der Waals surface area contributed by atoms with Crippen molar-refractivity contribution in [2.75, 3.05) is 46.1 Å². The molecule has 0 spiro atoms. The normalized spacial score (nSPS) is 22.4. The van der Waals surface area contributed by atoms with E-state index < -0.39 is 5.60 Å². The van der Waals surface area contributed by atoms with Gasteiger partial charge in [-0.2, -0.15) is 9.61 Å². The van der Waals surface area contributed by atoms with Crippen LogP contribution in [-0.2, 0) is 14.9 Å². The van der Waals surface area contributed by atoms with Crippen molar-refractivity contribution >= 4 is 5.65 Å². The molecule has 0 unspecified atom stereocenters. The van der Waals surface area contributed by atoms with E-state index in [1.54, 1.807) is 0 Å². The Morgan fingerprint density at radius 2 is 1.79 bits per heavy atom. The highest BCUT2D eigenvalue weighted by Crippen LogP contribution is 2.29. The maximum absolute atomic E-state index is 10.8. The number of nitrogens with zero attached hydrogens (tertiary/aromatic N) is 5. The summed E-state index contributed by atoms with van der Waals surface area (Å²) < 4.78 is 12.9. The van der Waals surface area contributed by atoms with E-state index in [-0.39, 0.29) is 5.41 Å². The first-order valence-electron chi connectivity index (χ1n) is 10.2. The highest BCUT2D eigenvalue weighted by molar-refractivity contribution is 5.37. The second-order valence-corrected chi connectivity index (χ2v) is 9.18. The standard InChI is InChI=1S/C20H31N5O3/c1-19(2,3)16-4-5-17-21-22-18(25(17)23-16)15-6-8-24(9-7-15)12-20(26)13-27-10-11-28-14-20/h4-5,15,26H,6-14H2,1-3H3. The smallest absolute Gasteiger partial charge is 0.177 e. The van der Waals surface area contributed by atoms with E-state index in [4.69, 9.17) is 14.6 Å². The van der Waals surface area contributed by atoms with Crippen molar-refractivity contribution in [2.45, 2.75) is 50.5 Å². The van der Waals surface area contributed by atoms with Gasteiger partial charge in [0.15, 0.2) is 11.5 Å². The molecule has 8 heteroatoms.